The average Bonchev–Trinajstić information content (AvgIpc) is 2.86. The molecule has 112 valence electrons. The van der Waals surface area contributed by atoms with Crippen molar-refractivity contribution in [2.24, 2.45) is 0 Å². The topological polar surface area (TPSA) is 62.5 Å². The molecule has 0 atom stereocenters. The number of aromatic hydroxyl groups is 1. The Morgan fingerprint density at radius 2 is 1.95 bits per heavy atom. The Morgan fingerprint density at radius 3 is 2.64 bits per heavy atom. The van der Waals surface area contributed by atoms with Crippen LogP contribution in [-0.2, 0) is 0 Å². The van der Waals surface area contributed by atoms with Gasteiger partial charge in [-0.25, -0.2) is 4.39 Å². The zero-order chi connectivity index (χ0) is 15.7. The van der Waals surface area contributed by atoms with E-state index < -0.39 is 0 Å². The highest BCUT2D eigenvalue weighted by molar-refractivity contribution is 6.11. The zero-order valence-electron chi connectivity index (χ0n) is 11.9. The van der Waals surface area contributed by atoms with Crippen molar-refractivity contribution in [3.63, 3.8) is 0 Å². The summed E-state index contributed by atoms with van der Waals surface area (Å²) in [6, 6.07) is 10.3. The van der Waals surface area contributed by atoms with Gasteiger partial charge in [0.1, 0.15) is 22.9 Å². The van der Waals surface area contributed by atoms with Crippen LogP contribution >= 0.6 is 0 Å². The number of phenolic OH excluding ortho intramolecular Hbond substituents is 1. The molecule has 1 heterocycles. The molecule has 0 bridgehead atoms. The van der Waals surface area contributed by atoms with Gasteiger partial charge in [-0.2, -0.15) is 0 Å². The second kappa shape index (κ2) is 5.52. The summed E-state index contributed by atoms with van der Waals surface area (Å²) in [7, 11) is 0. The van der Waals surface area contributed by atoms with Gasteiger partial charge < -0.3 is 14.8 Å². The number of amides is 1. The number of nitrogens with one attached hydrogen (secondary N) is 1. The highest BCUT2D eigenvalue weighted by atomic mass is 19.1. The summed E-state index contributed by atoms with van der Waals surface area (Å²) < 4.78 is 18.8. The number of carbonyl (C=O) groups excluding carboxylic acids is 1. The Morgan fingerprint density at radius 1 is 1.23 bits per heavy atom. The van der Waals surface area contributed by atoms with Gasteiger partial charge in [0, 0.05) is 17.5 Å². The normalized spacial score (nSPS) is 10.8. The molecule has 1 amide bonds. The molecule has 0 aliphatic carbocycles. The molecule has 0 radical (unpaired) electrons. The second-order valence-electron chi connectivity index (χ2n) is 4.85. The number of hydrogen-bond acceptors (Lipinski definition) is 3. The molecule has 5 heteroatoms. The van der Waals surface area contributed by atoms with Gasteiger partial charge in [0.25, 0.3) is 5.91 Å². The number of furan rings is 1. The first-order valence-corrected chi connectivity index (χ1v) is 6.90. The lowest BCUT2D eigenvalue weighted by Crippen LogP contribution is -2.22. The van der Waals surface area contributed by atoms with Crippen LogP contribution in [0.1, 0.15) is 17.3 Å². The molecule has 0 aliphatic heterocycles. The predicted molar refractivity (Wildman–Crippen MR) is 81.3 cm³/mol. The van der Waals surface area contributed by atoms with E-state index in [2.05, 4.69) is 5.32 Å². The Labute approximate surface area is 126 Å². The summed E-state index contributed by atoms with van der Waals surface area (Å²) in [4.78, 5) is 12.4. The molecule has 3 rings (SSSR count). The van der Waals surface area contributed by atoms with Crippen LogP contribution in [0.5, 0.6) is 5.75 Å². The number of hydrogen-bond donors (Lipinski definition) is 2. The van der Waals surface area contributed by atoms with Gasteiger partial charge in [-0.15, -0.1) is 0 Å². The molecule has 0 fully saturated rings. The molecule has 0 unspecified atom stereocenters. The van der Waals surface area contributed by atoms with Crippen molar-refractivity contribution in [2.75, 3.05) is 6.54 Å². The molecule has 0 saturated carbocycles. The molecule has 2 N–H and O–H groups in total. The van der Waals surface area contributed by atoms with E-state index in [1.54, 1.807) is 18.2 Å². The van der Waals surface area contributed by atoms with Crippen LogP contribution < -0.4 is 5.32 Å². The van der Waals surface area contributed by atoms with E-state index in [1.807, 2.05) is 6.92 Å². The Kier molecular flexibility index (Phi) is 3.55. The first-order valence-electron chi connectivity index (χ1n) is 6.90. The standard InChI is InChI=1S/C17H14FNO3/c1-2-19-17(21)15-13-9-12(20)7-8-14(13)22-16(15)10-3-5-11(18)6-4-10/h3-9,20H,2H2,1H3,(H,19,21). The fourth-order valence-electron chi connectivity index (χ4n) is 2.36. The van der Waals surface area contributed by atoms with Gasteiger partial charge >= 0.3 is 0 Å². The Bertz CT molecular complexity index is 837. The van der Waals surface area contributed by atoms with Crippen molar-refractivity contribution in [3.8, 4) is 17.1 Å². The fraction of sp³-hybridized carbons (Fsp3) is 0.118. The van der Waals surface area contributed by atoms with Crippen LogP contribution in [0, 0.1) is 5.82 Å². The van der Waals surface area contributed by atoms with E-state index in [0.717, 1.165) is 0 Å². The molecule has 4 nitrogen and oxygen atoms in total. The SMILES string of the molecule is CCNC(=O)c1c(-c2ccc(F)cc2)oc2ccc(O)cc12. The maximum Gasteiger partial charge on any atom is 0.255 e. The monoisotopic (exact) mass is 299 g/mol. The van der Waals surface area contributed by atoms with E-state index >= 15 is 0 Å². The summed E-state index contributed by atoms with van der Waals surface area (Å²) in [5.41, 5.74) is 1.41. The van der Waals surface area contributed by atoms with E-state index in [4.69, 9.17) is 4.42 Å². The minimum Gasteiger partial charge on any atom is -0.508 e. The van der Waals surface area contributed by atoms with Crippen LogP contribution in [0.4, 0.5) is 4.39 Å². The maximum atomic E-state index is 13.1. The lowest BCUT2D eigenvalue weighted by atomic mass is 10.0. The van der Waals surface area contributed by atoms with Gasteiger partial charge in [-0.1, -0.05) is 0 Å². The van der Waals surface area contributed by atoms with E-state index in [-0.39, 0.29) is 17.5 Å². The maximum absolute atomic E-state index is 13.1. The number of halogens is 1. The van der Waals surface area contributed by atoms with E-state index in [9.17, 15) is 14.3 Å². The summed E-state index contributed by atoms with van der Waals surface area (Å²) in [6.45, 7) is 2.28. The number of rotatable bonds is 3. The average molecular weight is 299 g/mol. The minimum absolute atomic E-state index is 0.0458. The zero-order valence-corrected chi connectivity index (χ0v) is 11.9. The van der Waals surface area contributed by atoms with Crippen LogP contribution in [0.15, 0.2) is 46.9 Å². The van der Waals surface area contributed by atoms with Crippen molar-refractivity contribution in [1.82, 2.24) is 5.32 Å². The quantitative estimate of drug-likeness (QED) is 0.775. The van der Waals surface area contributed by atoms with Crippen LogP contribution in [0.3, 0.4) is 0 Å². The van der Waals surface area contributed by atoms with Crippen LogP contribution in [0.25, 0.3) is 22.3 Å². The van der Waals surface area contributed by atoms with Gasteiger partial charge in [-0.05, 0) is 49.4 Å². The lowest BCUT2D eigenvalue weighted by Gasteiger charge is -2.04. The van der Waals surface area contributed by atoms with Gasteiger partial charge in [0.05, 0.1) is 5.56 Å². The molecule has 2 aromatic carbocycles. The number of phenols is 1. The van der Waals surface area contributed by atoms with Gasteiger partial charge in [-0.3, -0.25) is 4.79 Å². The van der Waals surface area contributed by atoms with Gasteiger partial charge in [0.2, 0.25) is 0 Å². The minimum atomic E-state index is -0.364. The van der Waals surface area contributed by atoms with E-state index in [1.165, 1.54) is 24.3 Å². The highest BCUT2D eigenvalue weighted by Gasteiger charge is 2.22. The molecular weight excluding hydrogens is 285 g/mol. The fourth-order valence-corrected chi connectivity index (χ4v) is 2.36. The molecule has 3 aromatic rings. The number of fused-ring (bicyclic) bond motifs is 1. The molecule has 1 aromatic heterocycles. The largest absolute Gasteiger partial charge is 0.508 e. The number of benzene rings is 2. The Hall–Kier alpha value is -2.82. The Balaban J connectivity index is 2.26. The molecule has 0 aliphatic rings. The molecule has 22 heavy (non-hydrogen) atoms. The molecular formula is C17H14FNO3. The molecule has 0 spiro atoms. The number of carbonyl (C=O) groups is 1. The van der Waals surface area contributed by atoms with Crippen molar-refractivity contribution in [3.05, 3.63) is 53.8 Å². The summed E-state index contributed by atoms with van der Waals surface area (Å²) >= 11 is 0. The van der Waals surface area contributed by atoms with Crippen molar-refractivity contribution >= 4 is 16.9 Å². The van der Waals surface area contributed by atoms with Crippen LogP contribution in [-0.4, -0.2) is 17.6 Å². The third-order valence-electron chi connectivity index (χ3n) is 3.34. The lowest BCUT2D eigenvalue weighted by molar-refractivity contribution is 0.0957. The summed E-state index contributed by atoms with van der Waals surface area (Å²) in [6.07, 6.45) is 0. The van der Waals surface area contributed by atoms with Crippen molar-refractivity contribution in [1.29, 1.82) is 0 Å². The van der Waals surface area contributed by atoms with E-state index in [0.29, 0.717) is 34.4 Å². The smallest absolute Gasteiger partial charge is 0.255 e. The van der Waals surface area contributed by atoms with Crippen molar-refractivity contribution < 1.29 is 18.7 Å². The first-order chi connectivity index (χ1) is 10.6. The van der Waals surface area contributed by atoms with Gasteiger partial charge in [0.15, 0.2) is 0 Å². The molecule has 0 saturated heterocycles. The summed E-state index contributed by atoms with van der Waals surface area (Å²) in [5.74, 6) is -0.265. The second-order valence-corrected chi connectivity index (χ2v) is 4.85. The third-order valence-corrected chi connectivity index (χ3v) is 3.34. The first kappa shape index (κ1) is 14.1. The highest BCUT2D eigenvalue weighted by Crippen LogP contribution is 2.35. The predicted octanol–water partition coefficient (Wildman–Crippen LogP) is 3.69. The summed E-state index contributed by atoms with van der Waals surface area (Å²) in [5, 5.41) is 12.9. The van der Waals surface area contributed by atoms with Crippen LogP contribution in [0.2, 0.25) is 0 Å². The third kappa shape index (κ3) is 2.41. The van der Waals surface area contributed by atoms with Crippen molar-refractivity contribution in [2.45, 2.75) is 6.92 Å².